The normalized spacial score (nSPS) is 11.7. The van der Waals surface area contributed by atoms with Crippen molar-refractivity contribution >= 4 is 23.6 Å². The van der Waals surface area contributed by atoms with Crippen LogP contribution in [-0.2, 0) is 23.3 Å². The Balaban J connectivity index is 1.57. The van der Waals surface area contributed by atoms with Gasteiger partial charge in [0.05, 0.1) is 6.54 Å². The summed E-state index contributed by atoms with van der Waals surface area (Å²) in [7, 11) is 0. The van der Waals surface area contributed by atoms with Crippen LogP contribution in [0.1, 0.15) is 28.9 Å². The Labute approximate surface area is 205 Å². The summed E-state index contributed by atoms with van der Waals surface area (Å²) >= 11 is 6.08. The van der Waals surface area contributed by atoms with Crippen LogP contribution in [0, 0.1) is 6.92 Å². The molecule has 0 saturated carbocycles. The van der Waals surface area contributed by atoms with E-state index < -0.39 is 5.41 Å². The van der Waals surface area contributed by atoms with E-state index in [9.17, 15) is 4.79 Å². The molecule has 0 bridgehead atoms. The Morgan fingerprint density at radius 1 is 1.00 bits per heavy atom. The van der Waals surface area contributed by atoms with Crippen molar-refractivity contribution in [3.63, 3.8) is 0 Å². The maximum absolute atomic E-state index is 13.0. The van der Waals surface area contributed by atoms with Crippen molar-refractivity contribution in [2.75, 3.05) is 0 Å². The number of rotatable bonds is 9. The maximum Gasteiger partial charge on any atom is 0.253 e. The largest absolute Gasteiger partial charge is 0.369 e. The van der Waals surface area contributed by atoms with Gasteiger partial charge in [0.2, 0.25) is 5.91 Å². The number of aryl methyl sites for hydroxylation is 1. The smallest absolute Gasteiger partial charge is 0.253 e. The zero-order valence-corrected chi connectivity index (χ0v) is 20.0. The monoisotopic (exact) mass is 470 g/mol. The van der Waals surface area contributed by atoms with E-state index >= 15 is 0 Å². The number of benzene rings is 3. The van der Waals surface area contributed by atoms with Gasteiger partial charge in [-0.2, -0.15) is 0 Å². The van der Waals surface area contributed by atoms with E-state index in [-0.39, 0.29) is 5.91 Å². The summed E-state index contributed by atoms with van der Waals surface area (Å²) in [6, 6.07) is 27.5. The van der Waals surface area contributed by atoms with Crippen molar-refractivity contribution in [3.05, 3.63) is 131 Å². The van der Waals surface area contributed by atoms with Crippen molar-refractivity contribution in [3.8, 4) is 0 Å². The van der Waals surface area contributed by atoms with Crippen molar-refractivity contribution in [1.29, 1.82) is 0 Å². The molecule has 0 radical (unpaired) electrons. The molecule has 3 aromatic carbocycles. The van der Waals surface area contributed by atoms with Crippen LogP contribution in [0.5, 0.6) is 0 Å². The van der Waals surface area contributed by atoms with E-state index in [0.29, 0.717) is 13.0 Å². The van der Waals surface area contributed by atoms with Crippen LogP contribution in [0.2, 0.25) is 5.02 Å². The van der Waals surface area contributed by atoms with Crippen LogP contribution in [0.4, 0.5) is 0 Å². The minimum absolute atomic E-state index is 0.341. The molecule has 0 aliphatic heterocycles. The lowest BCUT2D eigenvalue weighted by atomic mass is 9.71. The first-order chi connectivity index (χ1) is 16.5. The van der Waals surface area contributed by atoms with Crippen LogP contribution in [-0.4, -0.2) is 10.5 Å². The zero-order valence-electron chi connectivity index (χ0n) is 19.3. The van der Waals surface area contributed by atoms with Crippen LogP contribution in [0.3, 0.4) is 0 Å². The van der Waals surface area contributed by atoms with Crippen molar-refractivity contribution in [2.45, 2.75) is 31.8 Å². The molecule has 0 aliphatic carbocycles. The van der Waals surface area contributed by atoms with E-state index in [2.05, 4.69) is 40.6 Å². The molecule has 4 nitrogen and oxygen atoms in total. The highest BCUT2D eigenvalue weighted by molar-refractivity contribution is 6.30. The lowest BCUT2D eigenvalue weighted by molar-refractivity contribution is -0.692. The molecule has 1 amide bonds. The number of primary amides is 1. The van der Waals surface area contributed by atoms with Gasteiger partial charge in [-0.05, 0) is 34.9 Å². The third kappa shape index (κ3) is 4.97. The molecule has 2 N–H and O–H groups in total. The number of amides is 1. The topological polar surface area (TPSA) is 51.9 Å². The van der Waals surface area contributed by atoms with Gasteiger partial charge >= 0.3 is 0 Å². The molecule has 172 valence electrons. The highest BCUT2D eigenvalue weighted by atomic mass is 35.5. The van der Waals surface area contributed by atoms with Gasteiger partial charge in [0, 0.05) is 18.4 Å². The Kier molecular flexibility index (Phi) is 7.29. The molecular formula is C29H29ClN3O+. The fourth-order valence-electron chi connectivity index (χ4n) is 4.48. The lowest BCUT2D eigenvalue weighted by Crippen LogP contribution is -2.43. The molecule has 4 aromatic rings. The number of halogens is 1. The van der Waals surface area contributed by atoms with Gasteiger partial charge in [-0.1, -0.05) is 90.5 Å². The number of allylic oxidation sites excluding steroid dienone is 1. The SMILES string of the molecule is Cc1n(CCC(C(N)=O)(c2ccccc2)c2ccccc2)cc[n+]1C/C=C/c1cccc(Cl)c1. The Bertz CT molecular complexity index is 1240. The number of aromatic nitrogens is 2. The highest BCUT2D eigenvalue weighted by Gasteiger charge is 2.40. The number of nitrogens with two attached hydrogens (primary N) is 1. The zero-order chi connectivity index (χ0) is 24.0. The van der Waals surface area contributed by atoms with Gasteiger partial charge in [-0.3, -0.25) is 4.79 Å². The molecule has 0 saturated heterocycles. The quantitative estimate of drug-likeness (QED) is 0.331. The van der Waals surface area contributed by atoms with Gasteiger partial charge < -0.3 is 5.73 Å². The number of hydrogen-bond acceptors (Lipinski definition) is 1. The predicted molar refractivity (Wildman–Crippen MR) is 137 cm³/mol. The molecule has 0 spiro atoms. The third-order valence-electron chi connectivity index (χ3n) is 6.40. The maximum atomic E-state index is 13.0. The summed E-state index contributed by atoms with van der Waals surface area (Å²) < 4.78 is 4.36. The molecule has 1 heterocycles. The van der Waals surface area contributed by atoms with Crippen LogP contribution in [0.25, 0.3) is 6.08 Å². The molecule has 0 unspecified atom stereocenters. The first-order valence-corrected chi connectivity index (χ1v) is 11.8. The first-order valence-electron chi connectivity index (χ1n) is 11.4. The lowest BCUT2D eigenvalue weighted by Gasteiger charge is -2.31. The fraction of sp³-hybridized carbons (Fsp3) is 0.172. The van der Waals surface area contributed by atoms with E-state index in [4.69, 9.17) is 17.3 Å². The second-order valence-corrected chi connectivity index (χ2v) is 8.84. The second kappa shape index (κ2) is 10.5. The van der Waals surface area contributed by atoms with Gasteiger partial charge in [0.1, 0.15) is 24.4 Å². The van der Waals surface area contributed by atoms with Gasteiger partial charge in [-0.15, -0.1) is 0 Å². The predicted octanol–water partition coefficient (Wildman–Crippen LogP) is 5.31. The van der Waals surface area contributed by atoms with Crippen molar-refractivity contribution in [2.24, 2.45) is 5.73 Å². The van der Waals surface area contributed by atoms with E-state index in [1.807, 2.05) is 84.9 Å². The number of imidazole rings is 1. The summed E-state index contributed by atoms with van der Waals surface area (Å²) in [6.45, 7) is 3.48. The van der Waals surface area contributed by atoms with E-state index in [1.165, 1.54) is 0 Å². The summed E-state index contributed by atoms with van der Waals surface area (Å²) in [5.41, 5.74) is 8.09. The molecule has 0 fully saturated rings. The van der Waals surface area contributed by atoms with Crippen LogP contribution in [0.15, 0.2) is 103 Å². The van der Waals surface area contributed by atoms with Gasteiger partial charge in [0.15, 0.2) is 0 Å². The highest BCUT2D eigenvalue weighted by Crippen LogP contribution is 2.36. The average molecular weight is 471 g/mol. The summed E-state index contributed by atoms with van der Waals surface area (Å²) in [5, 5.41) is 0.729. The van der Waals surface area contributed by atoms with Crippen LogP contribution >= 0.6 is 11.6 Å². The van der Waals surface area contributed by atoms with E-state index in [1.54, 1.807) is 0 Å². The van der Waals surface area contributed by atoms with E-state index in [0.717, 1.165) is 34.1 Å². The fourth-order valence-corrected chi connectivity index (χ4v) is 4.68. The van der Waals surface area contributed by atoms with Crippen molar-refractivity contribution < 1.29 is 9.36 Å². The number of nitrogens with zero attached hydrogens (tertiary/aromatic N) is 2. The second-order valence-electron chi connectivity index (χ2n) is 8.40. The van der Waals surface area contributed by atoms with Crippen molar-refractivity contribution in [1.82, 2.24) is 4.57 Å². The number of hydrogen-bond donors (Lipinski definition) is 1. The molecule has 0 aliphatic rings. The molecule has 34 heavy (non-hydrogen) atoms. The van der Waals surface area contributed by atoms with Gasteiger partial charge in [-0.25, -0.2) is 9.13 Å². The molecule has 1 aromatic heterocycles. The third-order valence-corrected chi connectivity index (χ3v) is 6.64. The summed E-state index contributed by atoms with van der Waals surface area (Å²) in [4.78, 5) is 13.0. The van der Waals surface area contributed by atoms with Gasteiger partial charge in [0.25, 0.3) is 5.82 Å². The first kappa shape index (κ1) is 23.5. The minimum atomic E-state index is -0.906. The molecular weight excluding hydrogens is 442 g/mol. The minimum Gasteiger partial charge on any atom is -0.369 e. The number of carbonyl (C=O) groups excluding carboxylic acids is 1. The Morgan fingerprint density at radius 3 is 2.24 bits per heavy atom. The molecule has 4 rings (SSSR count). The summed E-state index contributed by atoms with van der Waals surface area (Å²) in [6.07, 6.45) is 8.87. The van der Waals surface area contributed by atoms with Crippen LogP contribution < -0.4 is 10.3 Å². The molecule has 0 atom stereocenters. The Hall–Kier alpha value is -3.63. The standard InChI is InChI=1S/C29H28ClN3O/c1-23-32(18-9-11-24-10-8-16-27(30)22-24)20-21-33(23)19-17-29(28(31)34,25-12-4-2-5-13-25)26-14-6-3-7-15-26/h2-16,20-22H,17-19H2,1H3,(H-,31,34)/p+1/b11-9+. The number of carbonyl (C=O) groups is 1. The summed E-state index contributed by atoms with van der Waals surface area (Å²) in [5.74, 6) is 0.766. The average Bonchev–Trinajstić information content (AvgIpc) is 3.20. The molecule has 5 heteroatoms. The Morgan fingerprint density at radius 2 is 1.65 bits per heavy atom.